The molecule has 0 bridgehead atoms. The molecule has 1 aliphatic heterocycles. The van der Waals surface area contributed by atoms with E-state index < -0.39 is 0 Å². The molecule has 90 valence electrons. The van der Waals surface area contributed by atoms with Crippen LogP contribution in [0.2, 0.25) is 0 Å². The van der Waals surface area contributed by atoms with Crippen LogP contribution < -0.4 is 5.32 Å². The molecule has 0 fully saturated rings. The summed E-state index contributed by atoms with van der Waals surface area (Å²) in [5.41, 5.74) is 1.18. The van der Waals surface area contributed by atoms with Crippen molar-refractivity contribution in [1.82, 2.24) is 5.32 Å². The molecule has 0 aromatic heterocycles. The van der Waals surface area contributed by atoms with Crippen LogP contribution in [0.3, 0.4) is 0 Å². The Morgan fingerprint density at radius 2 is 2.27 bits per heavy atom. The molecule has 1 atom stereocenters. The standard InChI is InChI=1S/C11H19NO.C2H6.H2/c1-9-6-7-11(13-10(9)2)5-4-8-12-3;1-2;/h7,10,12H,1,4-6,8H2,2-3H3;1-2H3;1H. The van der Waals surface area contributed by atoms with Gasteiger partial charge in [0.05, 0.1) is 5.76 Å². The number of rotatable bonds is 4. The van der Waals surface area contributed by atoms with E-state index >= 15 is 0 Å². The van der Waals surface area contributed by atoms with Crippen molar-refractivity contribution in [2.45, 2.75) is 46.1 Å². The Hall–Kier alpha value is -0.760. The smallest absolute Gasteiger partial charge is 0.116 e. The second-order valence-electron chi connectivity index (χ2n) is 3.50. The van der Waals surface area contributed by atoms with Crippen LogP contribution in [-0.2, 0) is 4.74 Å². The van der Waals surface area contributed by atoms with E-state index in [9.17, 15) is 0 Å². The van der Waals surface area contributed by atoms with Gasteiger partial charge in [-0.05, 0) is 45.0 Å². The number of hydrogen-bond donors (Lipinski definition) is 1. The van der Waals surface area contributed by atoms with Crippen molar-refractivity contribution >= 4 is 0 Å². The summed E-state index contributed by atoms with van der Waals surface area (Å²) in [7, 11) is 1.97. The molecule has 0 spiro atoms. The SMILES string of the molecule is C=C1CC=C(CCCNC)OC1C.CC.[HH]. The lowest BCUT2D eigenvalue weighted by Crippen LogP contribution is -2.16. The van der Waals surface area contributed by atoms with Crippen molar-refractivity contribution in [3.05, 3.63) is 24.0 Å². The second-order valence-corrected chi connectivity index (χ2v) is 3.50. The summed E-state index contributed by atoms with van der Waals surface area (Å²) in [6.45, 7) is 11.1. The van der Waals surface area contributed by atoms with Gasteiger partial charge in [0.25, 0.3) is 0 Å². The van der Waals surface area contributed by atoms with Gasteiger partial charge in [-0.25, -0.2) is 0 Å². The highest BCUT2D eigenvalue weighted by Gasteiger charge is 2.14. The fourth-order valence-corrected chi connectivity index (χ4v) is 1.37. The van der Waals surface area contributed by atoms with Crippen molar-refractivity contribution in [1.29, 1.82) is 0 Å². The Balaban J connectivity index is 0. The van der Waals surface area contributed by atoms with Gasteiger partial charge < -0.3 is 10.1 Å². The van der Waals surface area contributed by atoms with Crippen LogP contribution >= 0.6 is 0 Å². The normalized spacial score (nSPS) is 19.9. The molecule has 1 aliphatic rings. The first-order chi connectivity index (χ1) is 7.24. The minimum absolute atomic E-state index is 0. The van der Waals surface area contributed by atoms with Gasteiger partial charge in [0, 0.05) is 7.85 Å². The van der Waals surface area contributed by atoms with Gasteiger partial charge >= 0.3 is 0 Å². The van der Waals surface area contributed by atoms with Crippen LogP contribution in [-0.4, -0.2) is 19.7 Å². The molecule has 2 heteroatoms. The molecule has 0 aliphatic carbocycles. The monoisotopic (exact) mass is 213 g/mol. The number of allylic oxidation sites excluding steroid dienone is 2. The zero-order valence-electron chi connectivity index (χ0n) is 10.6. The number of hydrogen-bond acceptors (Lipinski definition) is 2. The van der Waals surface area contributed by atoms with Crippen LogP contribution in [0.4, 0.5) is 0 Å². The average Bonchev–Trinajstić information content (AvgIpc) is 2.27. The average molecular weight is 213 g/mol. The van der Waals surface area contributed by atoms with E-state index in [-0.39, 0.29) is 7.53 Å². The summed E-state index contributed by atoms with van der Waals surface area (Å²) >= 11 is 0. The maximum atomic E-state index is 5.68. The second kappa shape index (κ2) is 8.54. The summed E-state index contributed by atoms with van der Waals surface area (Å²) in [6.07, 6.45) is 5.52. The molecule has 0 aromatic carbocycles. The predicted octanol–water partition coefficient (Wildman–Crippen LogP) is 3.51. The molecule has 1 N–H and O–H groups in total. The highest BCUT2D eigenvalue weighted by atomic mass is 16.5. The number of ether oxygens (including phenoxy) is 1. The maximum Gasteiger partial charge on any atom is 0.116 e. The van der Waals surface area contributed by atoms with Crippen LogP contribution in [0.1, 0.15) is 41.5 Å². The van der Waals surface area contributed by atoms with Crippen molar-refractivity contribution in [2.75, 3.05) is 13.6 Å². The molecule has 2 nitrogen and oxygen atoms in total. The highest BCUT2D eigenvalue weighted by molar-refractivity contribution is 5.14. The molecule has 15 heavy (non-hydrogen) atoms. The lowest BCUT2D eigenvalue weighted by molar-refractivity contribution is 0.139. The lowest BCUT2D eigenvalue weighted by Gasteiger charge is -2.23. The molecular weight excluding hydrogens is 186 g/mol. The Labute approximate surface area is 95.9 Å². The highest BCUT2D eigenvalue weighted by Crippen LogP contribution is 2.22. The Morgan fingerprint density at radius 1 is 1.60 bits per heavy atom. The zero-order chi connectivity index (χ0) is 11.7. The fourth-order valence-electron chi connectivity index (χ4n) is 1.37. The molecule has 0 amide bonds. The van der Waals surface area contributed by atoms with Gasteiger partial charge in [-0.1, -0.05) is 20.4 Å². The summed E-state index contributed by atoms with van der Waals surface area (Å²) in [5, 5.41) is 3.13. The van der Waals surface area contributed by atoms with Crippen molar-refractivity contribution in [3.63, 3.8) is 0 Å². The summed E-state index contributed by atoms with van der Waals surface area (Å²) in [4.78, 5) is 0. The van der Waals surface area contributed by atoms with Crippen LogP contribution in [0, 0.1) is 0 Å². The van der Waals surface area contributed by atoms with Crippen LogP contribution in [0.25, 0.3) is 0 Å². The minimum atomic E-state index is 0. The first-order valence-electron chi connectivity index (χ1n) is 5.92. The summed E-state index contributed by atoms with van der Waals surface area (Å²) in [6, 6.07) is 0. The van der Waals surface area contributed by atoms with E-state index in [0.29, 0.717) is 0 Å². The van der Waals surface area contributed by atoms with Crippen molar-refractivity contribution in [2.24, 2.45) is 0 Å². The number of nitrogens with one attached hydrogen (secondary N) is 1. The van der Waals surface area contributed by atoms with E-state index in [1.165, 1.54) is 5.57 Å². The minimum Gasteiger partial charge on any atom is -0.491 e. The Bertz CT molecular complexity index is 214. The Kier molecular flexibility index (Phi) is 8.11. The van der Waals surface area contributed by atoms with Gasteiger partial charge in [0.15, 0.2) is 0 Å². The fraction of sp³-hybridized carbons (Fsp3) is 0.692. The van der Waals surface area contributed by atoms with Crippen LogP contribution in [0.15, 0.2) is 24.0 Å². The molecule has 0 saturated carbocycles. The zero-order valence-corrected chi connectivity index (χ0v) is 10.6. The predicted molar refractivity (Wildman–Crippen MR) is 69.0 cm³/mol. The first-order valence-corrected chi connectivity index (χ1v) is 5.92. The molecule has 1 rings (SSSR count). The topological polar surface area (TPSA) is 21.3 Å². The molecule has 0 aromatic rings. The quantitative estimate of drug-likeness (QED) is 0.570. The van der Waals surface area contributed by atoms with Crippen molar-refractivity contribution in [3.8, 4) is 0 Å². The summed E-state index contributed by atoms with van der Waals surface area (Å²) < 4.78 is 5.68. The largest absolute Gasteiger partial charge is 0.491 e. The van der Waals surface area contributed by atoms with Gasteiger partial charge in [0.1, 0.15) is 6.10 Å². The van der Waals surface area contributed by atoms with E-state index in [0.717, 1.165) is 31.6 Å². The van der Waals surface area contributed by atoms with Crippen molar-refractivity contribution < 1.29 is 6.16 Å². The third-order valence-electron chi connectivity index (χ3n) is 2.34. The van der Waals surface area contributed by atoms with Gasteiger partial charge in [-0.3, -0.25) is 0 Å². The van der Waals surface area contributed by atoms with Gasteiger partial charge in [-0.15, -0.1) is 0 Å². The van der Waals surface area contributed by atoms with E-state index in [1.54, 1.807) is 0 Å². The van der Waals surface area contributed by atoms with E-state index in [1.807, 2.05) is 20.9 Å². The molecule has 0 radical (unpaired) electrons. The Morgan fingerprint density at radius 3 is 2.80 bits per heavy atom. The summed E-state index contributed by atoms with van der Waals surface area (Å²) in [5.74, 6) is 1.13. The maximum absolute atomic E-state index is 5.68. The lowest BCUT2D eigenvalue weighted by atomic mass is 10.1. The molecule has 1 heterocycles. The van der Waals surface area contributed by atoms with E-state index in [2.05, 4.69) is 24.9 Å². The van der Waals surface area contributed by atoms with Crippen LogP contribution in [0.5, 0.6) is 0 Å². The first kappa shape index (κ1) is 14.2. The molecule has 0 saturated heterocycles. The molecule has 1 unspecified atom stereocenters. The van der Waals surface area contributed by atoms with Gasteiger partial charge in [0.2, 0.25) is 0 Å². The van der Waals surface area contributed by atoms with E-state index in [4.69, 9.17) is 4.74 Å². The molecular formula is C13H27NO. The third kappa shape index (κ3) is 5.63. The van der Waals surface area contributed by atoms with Gasteiger partial charge in [-0.2, -0.15) is 0 Å². The third-order valence-corrected chi connectivity index (χ3v) is 2.34.